The summed E-state index contributed by atoms with van der Waals surface area (Å²) in [7, 11) is 0. The van der Waals surface area contributed by atoms with Crippen molar-refractivity contribution >= 4 is 11.6 Å². The van der Waals surface area contributed by atoms with Gasteiger partial charge in [-0.1, -0.05) is 30.3 Å². The molecule has 0 fully saturated rings. The molecule has 0 bridgehead atoms. The Balaban J connectivity index is 1.52. The number of nitrogens with one attached hydrogen (secondary N) is 1. The molecule has 0 radical (unpaired) electrons. The van der Waals surface area contributed by atoms with E-state index in [2.05, 4.69) is 28.4 Å². The Morgan fingerprint density at radius 2 is 1.92 bits per heavy atom. The molecule has 4 rings (SSSR count). The van der Waals surface area contributed by atoms with Crippen molar-refractivity contribution in [3.05, 3.63) is 77.9 Å². The van der Waals surface area contributed by atoms with Gasteiger partial charge in [0.2, 0.25) is 0 Å². The maximum absolute atomic E-state index is 13.3. The van der Waals surface area contributed by atoms with Crippen LogP contribution in [-0.4, -0.2) is 21.9 Å². The number of rotatable bonds is 3. The Morgan fingerprint density at radius 1 is 1.15 bits per heavy atom. The average Bonchev–Trinajstić information content (AvgIpc) is 2.97. The second-order valence-corrected chi connectivity index (χ2v) is 6.30. The van der Waals surface area contributed by atoms with Crippen LogP contribution in [0.1, 0.15) is 22.8 Å². The molecule has 0 saturated heterocycles. The van der Waals surface area contributed by atoms with E-state index in [0.717, 1.165) is 12.1 Å². The van der Waals surface area contributed by atoms with E-state index in [1.807, 2.05) is 23.2 Å². The first-order valence-electron chi connectivity index (χ1n) is 8.38. The zero-order valence-electron chi connectivity index (χ0n) is 14.2. The Bertz CT molecular complexity index is 958. The minimum Gasteiger partial charge on any atom is -0.282 e. The number of hydrogen-bond acceptors (Lipinski definition) is 4. The molecule has 5 nitrogen and oxygen atoms in total. The number of aromatic nitrogens is 2. The van der Waals surface area contributed by atoms with Gasteiger partial charge < -0.3 is 0 Å². The highest BCUT2D eigenvalue weighted by molar-refractivity contribution is 5.95. The second-order valence-electron chi connectivity index (χ2n) is 6.30. The lowest BCUT2D eigenvalue weighted by Crippen LogP contribution is -2.45. The number of carbonyl (C=O) groups excluding carboxylic acids is 1. The largest absolute Gasteiger partial charge is 0.282 e. The second kappa shape index (κ2) is 6.55. The van der Waals surface area contributed by atoms with Gasteiger partial charge in [-0.05, 0) is 37.1 Å². The van der Waals surface area contributed by atoms with Crippen LogP contribution in [0.3, 0.4) is 0 Å². The summed E-state index contributed by atoms with van der Waals surface area (Å²) in [6.07, 6.45) is 3.79. The minimum absolute atomic E-state index is 0.170. The van der Waals surface area contributed by atoms with E-state index < -0.39 is 0 Å². The molecule has 2 aromatic carbocycles. The summed E-state index contributed by atoms with van der Waals surface area (Å²) in [5.74, 6) is -0.255. The van der Waals surface area contributed by atoms with Crippen LogP contribution in [0.15, 0.2) is 60.9 Å². The van der Waals surface area contributed by atoms with Crippen molar-refractivity contribution < 1.29 is 9.18 Å². The van der Waals surface area contributed by atoms with Crippen molar-refractivity contribution in [3.63, 3.8) is 0 Å². The number of nitrogens with zero attached hydrogens (tertiary/aromatic N) is 3. The van der Waals surface area contributed by atoms with Crippen molar-refractivity contribution in [2.75, 3.05) is 5.01 Å². The predicted octanol–water partition coefficient (Wildman–Crippen LogP) is 3.38. The molecule has 6 heteroatoms. The van der Waals surface area contributed by atoms with Crippen LogP contribution >= 0.6 is 0 Å². The van der Waals surface area contributed by atoms with E-state index in [1.165, 1.54) is 30.1 Å². The predicted molar refractivity (Wildman–Crippen MR) is 97.0 cm³/mol. The monoisotopic (exact) mass is 348 g/mol. The highest BCUT2D eigenvalue weighted by atomic mass is 19.1. The molecular formula is C20H17FN4O. The molecule has 2 heterocycles. The molecule has 1 N–H and O–H groups in total. The number of amides is 1. The molecule has 1 atom stereocenters. The first-order chi connectivity index (χ1) is 12.6. The van der Waals surface area contributed by atoms with Crippen LogP contribution in [-0.2, 0) is 6.42 Å². The number of hydrogen-bond donors (Lipinski definition) is 1. The molecule has 130 valence electrons. The molecular weight excluding hydrogens is 331 g/mol. The van der Waals surface area contributed by atoms with Gasteiger partial charge >= 0.3 is 0 Å². The topological polar surface area (TPSA) is 58.1 Å². The van der Waals surface area contributed by atoms with E-state index in [4.69, 9.17) is 0 Å². The lowest BCUT2D eigenvalue weighted by atomic mass is 10.1. The normalized spacial score (nSPS) is 15.6. The number of halogens is 1. The molecule has 1 aliphatic heterocycles. The van der Waals surface area contributed by atoms with Gasteiger partial charge in [-0.3, -0.25) is 15.2 Å². The van der Waals surface area contributed by atoms with Crippen molar-refractivity contribution in [1.29, 1.82) is 0 Å². The summed E-state index contributed by atoms with van der Waals surface area (Å²) in [6, 6.07) is 14.2. The van der Waals surface area contributed by atoms with E-state index in [-0.39, 0.29) is 17.8 Å². The van der Waals surface area contributed by atoms with Crippen LogP contribution in [0.4, 0.5) is 10.1 Å². The van der Waals surface area contributed by atoms with E-state index in [0.29, 0.717) is 17.0 Å². The number of carbonyl (C=O) groups is 1. The first kappa shape index (κ1) is 16.2. The Labute approximate surface area is 150 Å². The Hall–Kier alpha value is -3.28. The quantitative estimate of drug-likeness (QED) is 0.788. The van der Waals surface area contributed by atoms with Crippen LogP contribution in [0.25, 0.3) is 11.4 Å². The van der Waals surface area contributed by atoms with Gasteiger partial charge in [-0.25, -0.2) is 14.4 Å². The molecule has 0 aliphatic carbocycles. The smallest absolute Gasteiger partial charge is 0.272 e. The van der Waals surface area contributed by atoms with Gasteiger partial charge in [0.25, 0.3) is 5.91 Å². The minimum atomic E-state index is -0.352. The molecule has 1 unspecified atom stereocenters. The van der Waals surface area contributed by atoms with Gasteiger partial charge in [0.05, 0.1) is 17.3 Å². The van der Waals surface area contributed by atoms with Crippen molar-refractivity contribution in [3.8, 4) is 11.4 Å². The lowest BCUT2D eigenvalue weighted by molar-refractivity contribution is 0.0945. The summed E-state index contributed by atoms with van der Waals surface area (Å²) in [5, 5.41) is 1.87. The molecule has 3 aromatic rings. The van der Waals surface area contributed by atoms with Gasteiger partial charge in [0, 0.05) is 18.0 Å². The summed E-state index contributed by atoms with van der Waals surface area (Å²) in [4.78, 5) is 20.9. The first-order valence-corrected chi connectivity index (χ1v) is 8.38. The van der Waals surface area contributed by atoms with Gasteiger partial charge in [0.1, 0.15) is 5.82 Å². The number of anilines is 1. The van der Waals surface area contributed by atoms with Crippen LogP contribution < -0.4 is 10.4 Å². The third-order valence-corrected chi connectivity index (χ3v) is 4.43. The van der Waals surface area contributed by atoms with Gasteiger partial charge in [-0.15, -0.1) is 0 Å². The maximum Gasteiger partial charge on any atom is 0.272 e. The van der Waals surface area contributed by atoms with E-state index >= 15 is 0 Å². The number of benzene rings is 2. The van der Waals surface area contributed by atoms with Crippen molar-refractivity contribution in [2.45, 2.75) is 19.4 Å². The van der Waals surface area contributed by atoms with Gasteiger partial charge in [0.15, 0.2) is 5.82 Å². The molecule has 26 heavy (non-hydrogen) atoms. The van der Waals surface area contributed by atoms with Crippen LogP contribution in [0, 0.1) is 5.82 Å². The number of hydrazine groups is 1. The Kier molecular flexibility index (Phi) is 4.08. The zero-order chi connectivity index (χ0) is 18.1. The summed E-state index contributed by atoms with van der Waals surface area (Å²) < 4.78 is 13.3. The number of fused-ring (bicyclic) bond motifs is 1. The van der Waals surface area contributed by atoms with E-state index in [1.54, 1.807) is 12.1 Å². The highest BCUT2D eigenvalue weighted by Gasteiger charge is 2.27. The molecule has 1 aliphatic rings. The average molecular weight is 348 g/mol. The lowest BCUT2D eigenvalue weighted by Gasteiger charge is -2.25. The fourth-order valence-corrected chi connectivity index (χ4v) is 3.13. The zero-order valence-corrected chi connectivity index (χ0v) is 14.2. The fourth-order valence-electron chi connectivity index (χ4n) is 3.13. The van der Waals surface area contributed by atoms with Crippen LogP contribution in [0.5, 0.6) is 0 Å². The summed E-state index contributed by atoms with van der Waals surface area (Å²) >= 11 is 0. The molecule has 0 spiro atoms. The third kappa shape index (κ3) is 3.01. The van der Waals surface area contributed by atoms with Gasteiger partial charge in [-0.2, -0.15) is 0 Å². The Morgan fingerprint density at radius 3 is 2.69 bits per heavy atom. The van der Waals surface area contributed by atoms with Crippen molar-refractivity contribution in [1.82, 2.24) is 15.4 Å². The maximum atomic E-state index is 13.3. The van der Waals surface area contributed by atoms with Crippen molar-refractivity contribution in [2.24, 2.45) is 0 Å². The third-order valence-electron chi connectivity index (χ3n) is 4.43. The summed E-state index contributed by atoms with van der Waals surface area (Å²) in [5.41, 5.74) is 6.05. The highest BCUT2D eigenvalue weighted by Crippen LogP contribution is 2.30. The summed E-state index contributed by atoms with van der Waals surface area (Å²) in [6.45, 7) is 2.06. The molecule has 1 aromatic heterocycles. The fraction of sp³-hybridized carbons (Fsp3) is 0.150. The molecule has 1 amide bonds. The standard InChI is InChI=1S/C20H17FN4O/c1-13-9-14-5-2-3-8-18(14)25(13)24-20(26)16-11-22-19(23-12-16)15-6-4-7-17(21)10-15/h2-8,10-13H,9H2,1H3,(H,24,26). The number of para-hydroxylation sites is 1. The van der Waals surface area contributed by atoms with E-state index in [9.17, 15) is 9.18 Å². The molecule has 0 saturated carbocycles. The van der Waals surface area contributed by atoms with Crippen LogP contribution in [0.2, 0.25) is 0 Å². The SMILES string of the molecule is CC1Cc2ccccc2N1NC(=O)c1cnc(-c2cccc(F)c2)nc1.